The molecule has 0 aromatic heterocycles. The molecular formula is C14H30N2. The smallest absolute Gasteiger partial charge is 0.00817 e. The Bertz CT molecular complexity index is 160. The molecule has 2 N–H and O–H groups in total. The molecule has 1 aliphatic rings. The van der Waals surface area contributed by atoms with Gasteiger partial charge in [-0.1, -0.05) is 33.1 Å². The topological polar surface area (TPSA) is 24.1 Å². The van der Waals surface area contributed by atoms with E-state index < -0.39 is 0 Å². The van der Waals surface area contributed by atoms with Crippen LogP contribution in [-0.4, -0.2) is 25.2 Å². The van der Waals surface area contributed by atoms with Crippen molar-refractivity contribution in [1.82, 2.24) is 10.6 Å². The van der Waals surface area contributed by atoms with E-state index in [9.17, 15) is 0 Å². The van der Waals surface area contributed by atoms with Gasteiger partial charge in [0, 0.05) is 12.1 Å². The SMILES string of the molecule is CCC(CC)CNC(C)CC1CCCCN1. The summed E-state index contributed by atoms with van der Waals surface area (Å²) in [6, 6.07) is 1.43. The first kappa shape index (κ1) is 14.0. The normalized spacial score (nSPS) is 23.6. The van der Waals surface area contributed by atoms with Crippen LogP contribution in [0.15, 0.2) is 0 Å². The van der Waals surface area contributed by atoms with Crippen LogP contribution in [0.4, 0.5) is 0 Å². The second kappa shape index (κ2) is 8.08. The largest absolute Gasteiger partial charge is 0.314 e. The Kier molecular flexibility index (Phi) is 7.06. The number of piperidine rings is 1. The molecule has 0 saturated carbocycles. The zero-order chi connectivity index (χ0) is 11.8. The molecule has 2 unspecified atom stereocenters. The van der Waals surface area contributed by atoms with Gasteiger partial charge in [0.15, 0.2) is 0 Å². The summed E-state index contributed by atoms with van der Waals surface area (Å²) in [5.41, 5.74) is 0. The van der Waals surface area contributed by atoms with E-state index in [1.165, 1.54) is 51.6 Å². The number of nitrogens with one attached hydrogen (secondary N) is 2. The summed E-state index contributed by atoms with van der Waals surface area (Å²) in [7, 11) is 0. The molecule has 2 nitrogen and oxygen atoms in total. The molecule has 0 aliphatic carbocycles. The molecule has 1 aliphatic heterocycles. The Balaban J connectivity index is 2.11. The monoisotopic (exact) mass is 226 g/mol. The second-order valence-corrected chi connectivity index (χ2v) is 5.37. The average molecular weight is 226 g/mol. The molecule has 0 aromatic rings. The van der Waals surface area contributed by atoms with E-state index in [-0.39, 0.29) is 0 Å². The van der Waals surface area contributed by atoms with Crippen molar-refractivity contribution >= 4 is 0 Å². The van der Waals surface area contributed by atoms with Gasteiger partial charge in [0.05, 0.1) is 0 Å². The second-order valence-electron chi connectivity index (χ2n) is 5.37. The molecule has 2 heteroatoms. The van der Waals surface area contributed by atoms with Crippen molar-refractivity contribution in [3.63, 3.8) is 0 Å². The van der Waals surface area contributed by atoms with Crippen LogP contribution in [0.1, 0.15) is 59.3 Å². The summed E-state index contributed by atoms with van der Waals surface area (Å²) in [6.45, 7) is 9.34. The summed E-state index contributed by atoms with van der Waals surface area (Å²) in [5, 5.41) is 7.32. The van der Waals surface area contributed by atoms with Gasteiger partial charge in [-0.2, -0.15) is 0 Å². The molecular weight excluding hydrogens is 196 g/mol. The number of hydrogen-bond donors (Lipinski definition) is 2. The van der Waals surface area contributed by atoms with E-state index in [0.29, 0.717) is 6.04 Å². The van der Waals surface area contributed by atoms with E-state index in [2.05, 4.69) is 31.4 Å². The highest BCUT2D eigenvalue weighted by atomic mass is 15.0. The highest BCUT2D eigenvalue weighted by Gasteiger charge is 2.15. The zero-order valence-corrected chi connectivity index (χ0v) is 11.4. The van der Waals surface area contributed by atoms with Crippen LogP contribution in [0.3, 0.4) is 0 Å². The van der Waals surface area contributed by atoms with Crippen LogP contribution in [0.5, 0.6) is 0 Å². The summed E-state index contributed by atoms with van der Waals surface area (Å²) in [5.74, 6) is 0.863. The van der Waals surface area contributed by atoms with Crippen molar-refractivity contribution in [2.75, 3.05) is 13.1 Å². The molecule has 0 radical (unpaired) electrons. The first-order valence-electron chi connectivity index (χ1n) is 7.23. The predicted molar refractivity (Wildman–Crippen MR) is 71.8 cm³/mol. The Morgan fingerprint density at radius 1 is 1.25 bits per heavy atom. The first-order valence-corrected chi connectivity index (χ1v) is 7.23. The highest BCUT2D eigenvalue weighted by molar-refractivity contribution is 4.77. The van der Waals surface area contributed by atoms with Crippen LogP contribution in [0, 0.1) is 5.92 Å². The Hall–Kier alpha value is -0.0800. The molecule has 16 heavy (non-hydrogen) atoms. The predicted octanol–water partition coefficient (Wildman–Crippen LogP) is 2.93. The third-order valence-electron chi connectivity index (χ3n) is 3.96. The summed E-state index contributed by atoms with van der Waals surface area (Å²) >= 11 is 0. The van der Waals surface area contributed by atoms with Crippen LogP contribution in [0.2, 0.25) is 0 Å². The van der Waals surface area contributed by atoms with Crippen molar-refractivity contribution in [2.24, 2.45) is 5.92 Å². The van der Waals surface area contributed by atoms with E-state index in [0.717, 1.165) is 12.0 Å². The lowest BCUT2D eigenvalue weighted by atomic mass is 9.98. The van der Waals surface area contributed by atoms with Crippen LogP contribution >= 0.6 is 0 Å². The average Bonchev–Trinajstić information content (AvgIpc) is 2.31. The summed E-state index contributed by atoms with van der Waals surface area (Å²) in [6.07, 6.45) is 8.05. The van der Waals surface area contributed by atoms with Crippen LogP contribution < -0.4 is 10.6 Å². The fourth-order valence-electron chi connectivity index (χ4n) is 2.58. The quantitative estimate of drug-likeness (QED) is 0.697. The lowest BCUT2D eigenvalue weighted by Gasteiger charge is -2.27. The molecule has 96 valence electrons. The maximum Gasteiger partial charge on any atom is 0.00817 e. The molecule has 0 aromatic carbocycles. The van der Waals surface area contributed by atoms with Crippen molar-refractivity contribution in [2.45, 2.75) is 71.4 Å². The Morgan fingerprint density at radius 2 is 2.00 bits per heavy atom. The van der Waals surface area contributed by atoms with Crippen molar-refractivity contribution in [3.8, 4) is 0 Å². The lowest BCUT2D eigenvalue weighted by Crippen LogP contribution is -2.40. The van der Waals surface area contributed by atoms with Crippen molar-refractivity contribution < 1.29 is 0 Å². The third-order valence-corrected chi connectivity index (χ3v) is 3.96. The lowest BCUT2D eigenvalue weighted by molar-refractivity contribution is 0.331. The van der Waals surface area contributed by atoms with Gasteiger partial charge in [0.25, 0.3) is 0 Å². The molecule has 0 spiro atoms. The van der Waals surface area contributed by atoms with Crippen molar-refractivity contribution in [3.05, 3.63) is 0 Å². The van der Waals surface area contributed by atoms with Crippen LogP contribution in [-0.2, 0) is 0 Å². The molecule has 1 rings (SSSR count). The van der Waals surface area contributed by atoms with E-state index in [1.54, 1.807) is 0 Å². The Morgan fingerprint density at radius 3 is 2.56 bits per heavy atom. The maximum absolute atomic E-state index is 3.69. The first-order chi connectivity index (χ1) is 7.76. The van der Waals surface area contributed by atoms with Gasteiger partial charge < -0.3 is 10.6 Å². The molecule has 1 fully saturated rings. The minimum absolute atomic E-state index is 0.663. The summed E-state index contributed by atoms with van der Waals surface area (Å²) in [4.78, 5) is 0. The molecule has 0 bridgehead atoms. The van der Waals surface area contributed by atoms with Gasteiger partial charge >= 0.3 is 0 Å². The number of hydrogen-bond acceptors (Lipinski definition) is 2. The van der Waals surface area contributed by atoms with Gasteiger partial charge in [-0.3, -0.25) is 0 Å². The third kappa shape index (κ3) is 5.31. The zero-order valence-electron chi connectivity index (χ0n) is 11.4. The van der Waals surface area contributed by atoms with E-state index in [4.69, 9.17) is 0 Å². The molecule has 2 atom stereocenters. The summed E-state index contributed by atoms with van der Waals surface area (Å²) < 4.78 is 0. The molecule has 1 heterocycles. The minimum atomic E-state index is 0.663. The van der Waals surface area contributed by atoms with Gasteiger partial charge in [0.2, 0.25) is 0 Å². The fourth-order valence-corrected chi connectivity index (χ4v) is 2.58. The standard InChI is InChI=1S/C14H30N2/c1-4-13(5-2)11-16-12(3)10-14-8-6-7-9-15-14/h12-16H,4-11H2,1-3H3. The van der Waals surface area contributed by atoms with E-state index >= 15 is 0 Å². The van der Waals surface area contributed by atoms with Crippen LogP contribution in [0.25, 0.3) is 0 Å². The minimum Gasteiger partial charge on any atom is -0.314 e. The van der Waals surface area contributed by atoms with E-state index in [1.807, 2.05) is 0 Å². The number of rotatable bonds is 7. The van der Waals surface area contributed by atoms with Gasteiger partial charge in [0.1, 0.15) is 0 Å². The van der Waals surface area contributed by atoms with Gasteiger partial charge in [-0.25, -0.2) is 0 Å². The van der Waals surface area contributed by atoms with Gasteiger partial charge in [-0.15, -0.1) is 0 Å². The maximum atomic E-state index is 3.69. The van der Waals surface area contributed by atoms with Gasteiger partial charge in [-0.05, 0) is 45.2 Å². The fraction of sp³-hybridized carbons (Fsp3) is 1.00. The van der Waals surface area contributed by atoms with Crippen molar-refractivity contribution in [1.29, 1.82) is 0 Å². The Labute approximate surface area is 102 Å². The molecule has 1 saturated heterocycles. The molecule has 0 amide bonds. The highest BCUT2D eigenvalue weighted by Crippen LogP contribution is 2.12.